The largest absolute Gasteiger partial charge is 0.496 e. The van der Waals surface area contributed by atoms with E-state index in [-0.39, 0.29) is 22.9 Å². The molecule has 4 rings (SSSR count). The van der Waals surface area contributed by atoms with Crippen LogP contribution in [0.25, 0.3) is 11.3 Å². The molecule has 1 amide bonds. The molecule has 1 aromatic heterocycles. The van der Waals surface area contributed by atoms with Crippen LogP contribution in [0.4, 0.5) is 5.69 Å². The minimum Gasteiger partial charge on any atom is -0.496 e. The van der Waals surface area contributed by atoms with Gasteiger partial charge in [-0.3, -0.25) is 14.9 Å². The highest BCUT2D eigenvalue weighted by atomic mass is 16.6. The second-order valence-corrected chi connectivity index (χ2v) is 7.91. The molecule has 0 bridgehead atoms. The molecule has 3 atom stereocenters. The van der Waals surface area contributed by atoms with Crippen molar-refractivity contribution in [3.8, 4) is 17.1 Å². The summed E-state index contributed by atoms with van der Waals surface area (Å²) in [4.78, 5) is 22.9. The van der Waals surface area contributed by atoms with Crippen LogP contribution in [-0.4, -0.2) is 24.2 Å². The number of non-ortho nitro benzene ring substituents is 1. The number of carbonyl (C=O) groups excluding carboxylic acids is 1. The summed E-state index contributed by atoms with van der Waals surface area (Å²) in [6.07, 6.45) is 6.08. The molecule has 152 valence electrons. The normalized spacial score (nSPS) is 25.4. The van der Waals surface area contributed by atoms with Crippen molar-refractivity contribution in [3.05, 3.63) is 46.2 Å². The molecule has 0 spiro atoms. The van der Waals surface area contributed by atoms with Crippen molar-refractivity contribution in [1.29, 1.82) is 0 Å². The van der Waals surface area contributed by atoms with Crippen molar-refractivity contribution < 1.29 is 18.9 Å². The number of nitrogens with zero attached hydrogens (tertiary/aromatic N) is 2. The van der Waals surface area contributed by atoms with Crippen molar-refractivity contribution in [1.82, 2.24) is 5.43 Å². The highest BCUT2D eigenvalue weighted by Crippen LogP contribution is 2.66. The summed E-state index contributed by atoms with van der Waals surface area (Å²) in [6.45, 7) is 2.20. The third kappa shape index (κ3) is 3.50. The van der Waals surface area contributed by atoms with E-state index >= 15 is 0 Å². The summed E-state index contributed by atoms with van der Waals surface area (Å²) in [5.74, 6) is 1.80. The monoisotopic (exact) mass is 397 g/mol. The highest BCUT2D eigenvalue weighted by Gasteiger charge is 2.64. The maximum atomic E-state index is 12.4. The molecule has 8 heteroatoms. The molecule has 2 aliphatic carbocycles. The molecule has 1 N–H and O–H groups in total. The Labute approximate surface area is 168 Å². The number of furan rings is 1. The molecule has 8 nitrogen and oxygen atoms in total. The molecule has 2 fully saturated rings. The Morgan fingerprint density at radius 3 is 2.90 bits per heavy atom. The number of fused-ring (bicyclic) bond motifs is 1. The molecular formula is C21H23N3O5. The number of nitro benzene ring substituents is 1. The van der Waals surface area contributed by atoms with E-state index in [1.165, 1.54) is 38.3 Å². The van der Waals surface area contributed by atoms with Gasteiger partial charge in [0.1, 0.15) is 17.3 Å². The Morgan fingerprint density at radius 1 is 1.38 bits per heavy atom. The number of nitro groups is 1. The van der Waals surface area contributed by atoms with E-state index in [9.17, 15) is 14.9 Å². The third-order valence-corrected chi connectivity index (χ3v) is 6.27. The van der Waals surface area contributed by atoms with Gasteiger partial charge in [-0.1, -0.05) is 19.8 Å². The molecule has 0 radical (unpaired) electrons. The van der Waals surface area contributed by atoms with Gasteiger partial charge < -0.3 is 9.15 Å². The SMILES string of the molecule is COc1cc([N+](=O)[O-])ccc1-c1ccc(/C=N\NC(=O)[C@@H]2[C@@H]3CCCC[C@]23C)o1. The van der Waals surface area contributed by atoms with Gasteiger partial charge in [0.05, 0.1) is 29.9 Å². The number of hydrazone groups is 1. The van der Waals surface area contributed by atoms with Crippen LogP contribution in [0.2, 0.25) is 0 Å². The van der Waals surface area contributed by atoms with E-state index in [1.54, 1.807) is 18.2 Å². The van der Waals surface area contributed by atoms with Crippen LogP contribution in [-0.2, 0) is 4.79 Å². The lowest BCUT2D eigenvalue weighted by atomic mass is 9.90. The first-order valence-electron chi connectivity index (χ1n) is 9.69. The topological polar surface area (TPSA) is 107 Å². The van der Waals surface area contributed by atoms with Crippen LogP contribution in [0, 0.1) is 27.4 Å². The quantitative estimate of drug-likeness (QED) is 0.448. The number of nitrogens with one attached hydrogen (secondary N) is 1. The number of benzene rings is 1. The lowest BCUT2D eigenvalue weighted by Crippen LogP contribution is -2.22. The second kappa shape index (κ2) is 7.35. The lowest BCUT2D eigenvalue weighted by molar-refractivity contribution is -0.384. The second-order valence-electron chi connectivity index (χ2n) is 7.91. The van der Waals surface area contributed by atoms with E-state index in [4.69, 9.17) is 9.15 Å². The van der Waals surface area contributed by atoms with E-state index in [0.29, 0.717) is 28.8 Å². The zero-order valence-electron chi connectivity index (χ0n) is 16.4. The summed E-state index contributed by atoms with van der Waals surface area (Å²) in [5.41, 5.74) is 3.31. The average Bonchev–Trinajstić information content (AvgIpc) is 3.08. The molecule has 0 saturated heterocycles. The van der Waals surface area contributed by atoms with Crippen molar-refractivity contribution in [2.24, 2.45) is 22.4 Å². The molecule has 1 aromatic carbocycles. The van der Waals surface area contributed by atoms with Crippen molar-refractivity contribution >= 4 is 17.8 Å². The predicted molar refractivity (Wildman–Crippen MR) is 107 cm³/mol. The maximum absolute atomic E-state index is 12.4. The number of rotatable bonds is 6. The van der Waals surface area contributed by atoms with Crippen LogP contribution in [0.15, 0.2) is 39.9 Å². The molecular weight excluding hydrogens is 374 g/mol. The van der Waals surface area contributed by atoms with E-state index in [0.717, 1.165) is 12.8 Å². The highest BCUT2D eigenvalue weighted by molar-refractivity contribution is 5.85. The Bertz CT molecular complexity index is 982. The van der Waals surface area contributed by atoms with Crippen LogP contribution < -0.4 is 10.2 Å². The summed E-state index contributed by atoms with van der Waals surface area (Å²) >= 11 is 0. The molecule has 0 aliphatic heterocycles. The van der Waals surface area contributed by atoms with Gasteiger partial charge in [0.25, 0.3) is 5.69 Å². The Kier molecular flexibility index (Phi) is 4.86. The fourth-order valence-electron chi connectivity index (χ4n) is 4.64. The van der Waals surface area contributed by atoms with Crippen molar-refractivity contribution in [3.63, 3.8) is 0 Å². The molecule has 2 aliphatic rings. The zero-order valence-corrected chi connectivity index (χ0v) is 16.4. The van der Waals surface area contributed by atoms with Crippen molar-refractivity contribution in [2.75, 3.05) is 7.11 Å². The fraction of sp³-hybridized carbons (Fsp3) is 0.429. The number of carbonyl (C=O) groups is 1. The smallest absolute Gasteiger partial charge is 0.273 e. The van der Waals surface area contributed by atoms with Gasteiger partial charge in [-0.2, -0.15) is 5.10 Å². The number of hydrogen-bond acceptors (Lipinski definition) is 6. The molecule has 0 unspecified atom stereocenters. The maximum Gasteiger partial charge on any atom is 0.273 e. The van der Waals surface area contributed by atoms with Gasteiger partial charge in [0.2, 0.25) is 5.91 Å². The summed E-state index contributed by atoms with van der Waals surface area (Å²) in [7, 11) is 1.44. The molecule has 2 aromatic rings. The average molecular weight is 397 g/mol. The van der Waals surface area contributed by atoms with Crippen LogP contribution in [0.5, 0.6) is 5.75 Å². The minimum absolute atomic E-state index is 0.0283. The lowest BCUT2D eigenvalue weighted by Gasteiger charge is -2.15. The Hall–Kier alpha value is -3.16. The van der Waals surface area contributed by atoms with E-state index in [1.807, 2.05) is 0 Å². The summed E-state index contributed by atoms with van der Waals surface area (Å²) < 4.78 is 11.0. The summed E-state index contributed by atoms with van der Waals surface area (Å²) in [6, 6.07) is 7.76. The van der Waals surface area contributed by atoms with Gasteiger partial charge >= 0.3 is 0 Å². The molecule has 1 heterocycles. The standard InChI is InChI=1S/C21H23N3O5/c1-21-10-4-3-5-16(21)19(21)20(25)23-22-12-14-7-9-17(29-14)15-8-6-13(24(26)27)11-18(15)28-2/h6-9,11-12,16,19H,3-5,10H2,1-2H3,(H,23,25)/b22-12-/t16-,19-,21-/m0/s1. The fourth-order valence-corrected chi connectivity index (χ4v) is 4.64. The molecule has 29 heavy (non-hydrogen) atoms. The van der Waals surface area contributed by atoms with Crippen LogP contribution in [0.1, 0.15) is 38.4 Å². The molecule has 2 saturated carbocycles. The zero-order chi connectivity index (χ0) is 20.6. The van der Waals surface area contributed by atoms with Crippen LogP contribution in [0.3, 0.4) is 0 Å². The van der Waals surface area contributed by atoms with E-state index < -0.39 is 4.92 Å². The van der Waals surface area contributed by atoms with Crippen LogP contribution >= 0.6 is 0 Å². The van der Waals surface area contributed by atoms with Gasteiger partial charge in [0, 0.05) is 12.0 Å². The summed E-state index contributed by atoms with van der Waals surface area (Å²) in [5, 5.41) is 15.0. The number of amides is 1. The Balaban J connectivity index is 1.42. The predicted octanol–water partition coefficient (Wildman–Crippen LogP) is 4.14. The van der Waals surface area contributed by atoms with E-state index in [2.05, 4.69) is 17.5 Å². The number of hydrogen-bond donors (Lipinski definition) is 1. The van der Waals surface area contributed by atoms with Crippen molar-refractivity contribution in [2.45, 2.75) is 32.6 Å². The first-order valence-corrected chi connectivity index (χ1v) is 9.69. The van der Waals surface area contributed by atoms with Gasteiger partial charge in [-0.25, -0.2) is 5.43 Å². The first kappa shape index (κ1) is 19.2. The minimum atomic E-state index is -0.481. The third-order valence-electron chi connectivity index (χ3n) is 6.27. The van der Waals surface area contributed by atoms with Gasteiger partial charge in [-0.15, -0.1) is 0 Å². The first-order chi connectivity index (χ1) is 13.9. The van der Waals surface area contributed by atoms with Gasteiger partial charge in [0.15, 0.2) is 0 Å². The number of methoxy groups -OCH3 is 1. The van der Waals surface area contributed by atoms with Gasteiger partial charge in [-0.05, 0) is 42.4 Å². The Morgan fingerprint density at radius 2 is 2.21 bits per heavy atom. The number of ether oxygens (including phenoxy) is 1.